The molecule has 6 fully saturated rings. The van der Waals surface area contributed by atoms with Crippen LogP contribution in [0.1, 0.15) is 70.6 Å². The molecular weight excluding hydrogens is 312 g/mol. The number of amides is 2. The highest BCUT2D eigenvalue weighted by atomic mass is 16.2. The Morgan fingerprint density at radius 1 is 0.880 bits per heavy atom. The Bertz CT molecular complexity index is 525. The summed E-state index contributed by atoms with van der Waals surface area (Å²) in [5.74, 6) is 3.71. The van der Waals surface area contributed by atoms with Crippen LogP contribution in [0.25, 0.3) is 0 Å². The van der Waals surface area contributed by atoms with Crippen LogP contribution >= 0.6 is 0 Å². The topological polar surface area (TPSA) is 49.4 Å². The van der Waals surface area contributed by atoms with Gasteiger partial charge in [0.05, 0.1) is 0 Å². The lowest BCUT2D eigenvalue weighted by Gasteiger charge is -2.56. The minimum atomic E-state index is 0.282. The molecule has 4 heteroatoms. The predicted molar refractivity (Wildman–Crippen MR) is 95.7 cm³/mol. The van der Waals surface area contributed by atoms with Crippen molar-refractivity contribution in [1.82, 2.24) is 10.2 Å². The largest absolute Gasteiger partial charge is 0.353 e. The van der Waals surface area contributed by atoms with E-state index in [0.717, 1.165) is 62.9 Å². The quantitative estimate of drug-likeness (QED) is 0.852. The van der Waals surface area contributed by atoms with E-state index >= 15 is 0 Å². The van der Waals surface area contributed by atoms with E-state index in [1.165, 1.54) is 38.5 Å². The highest BCUT2D eigenvalue weighted by Crippen LogP contribution is 2.61. The van der Waals surface area contributed by atoms with E-state index in [9.17, 15) is 9.59 Å². The van der Waals surface area contributed by atoms with Crippen molar-refractivity contribution >= 4 is 11.8 Å². The normalized spacial score (nSPS) is 40.3. The molecule has 1 saturated heterocycles. The van der Waals surface area contributed by atoms with Crippen LogP contribution in [0.15, 0.2) is 0 Å². The van der Waals surface area contributed by atoms with E-state index in [1.807, 2.05) is 4.90 Å². The van der Waals surface area contributed by atoms with E-state index in [2.05, 4.69) is 5.32 Å². The molecular formula is C21H32N2O2. The van der Waals surface area contributed by atoms with Gasteiger partial charge < -0.3 is 10.2 Å². The fourth-order valence-electron chi connectivity index (χ4n) is 6.96. The van der Waals surface area contributed by atoms with Crippen LogP contribution in [-0.4, -0.2) is 35.8 Å². The van der Waals surface area contributed by atoms with Gasteiger partial charge in [-0.25, -0.2) is 0 Å². The van der Waals surface area contributed by atoms with E-state index in [4.69, 9.17) is 0 Å². The highest BCUT2D eigenvalue weighted by Gasteiger charge is 2.51. The molecule has 1 heterocycles. The summed E-state index contributed by atoms with van der Waals surface area (Å²) in [6.07, 6.45) is 13.0. The van der Waals surface area contributed by atoms with Crippen LogP contribution in [0.4, 0.5) is 0 Å². The standard InChI is InChI=1S/C21H32N2O2/c24-19(13-21-10-14-7-15(11-21)9-16(8-14)12-21)22-18-3-5-23(6-4-18)20(25)17-1-2-17/h14-18H,1-13H2,(H,22,24). The maximum atomic E-state index is 12.7. The number of nitrogens with zero attached hydrogens (tertiary/aromatic N) is 1. The summed E-state index contributed by atoms with van der Waals surface area (Å²) in [5, 5.41) is 3.32. The Morgan fingerprint density at radius 2 is 1.44 bits per heavy atom. The summed E-state index contributed by atoms with van der Waals surface area (Å²) in [7, 11) is 0. The van der Waals surface area contributed by atoms with Crippen molar-refractivity contribution in [2.75, 3.05) is 13.1 Å². The second-order valence-electron chi connectivity index (χ2n) is 10.0. The smallest absolute Gasteiger partial charge is 0.225 e. The van der Waals surface area contributed by atoms with Gasteiger partial charge in [0.2, 0.25) is 11.8 Å². The Morgan fingerprint density at radius 3 is 1.96 bits per heavy atom. The SMILES string of the molecule is O=C(CC12CC3CC(CC(C3)C1)C2)NC1CCN(C(=O)C2CC2)CC1. The number of carbonyl (C=O) groups is 2. The summed E-state index contributed by atoms with van der Waals surface area (Å²) in [6.45, 7) is 1.66. The minimum Gasteiger partial charge on any atom is -0.353 e. The number of hydrogen-bond donors (Lipinski definition) is 1. The Labute approximate surface area is 151 Å². The number of likely N-dealkylation sites (tertiary alicyclic amines) is 1. The second-order valence-corrected chi connectivity index (χ2v) is 10.0. The van der Waals surface area contributed by atoms with Gasteiger partial charge in [0.15, 0.2) is 0 Å². The summed E-state index contributed by atoms with van der Waals surface area (Å²) < 4.78 is 0. The molecule has 6 aliphatic rings. The Balaban J connectivity index is 1.12. The Kier molecular flexibility index (Phi) is 3.87. The van der Waals surface area contributed by atoms with Crippen LogP contribution in [0.5, 0.6) is 0 Å². The van der Waals surface area contributed by atoms with Gasteiger partial charge in [-0.1, -0.05) is 0 Å². The molecule has 0 atom stereocenters. The predicted octanol–water partition coefficient (Wildman–Crippen LogP) is 3.11. The first-order valence-corrected chi connectivity index (χ1v) is 10.7. The number of piperidine rings is 1. The molecule has 0 aromatic heterocycles. The second kappa shape index (κ2) is 5.99. The van der Waals surface area contributed by atoms with Crippen molar-refractivity contribution in [2.24, 2.45) is 29.1 Å². The summed E-state index contributed by atoms with van der Waals surface area (Å²) in [4.78, 5) is 26.9. The van der Waals surface area contributed by atoms with Gasteiger partial charge >= 0.3 is 0 Å². The van der Waals surface area contributed by atoms with Crippen LogP contribution in [0.3, 0.4) is 0 Å². The fraction of sp³-hybridized carbons (Fsp3) is 0.905. The number of hydrogen-bond acceptors (Lipinski definition) is 2. The van der Waals surface area contributed by atoms with Gasteiger partial charge in [-0.3, -0.25) is 9.59 Å². The van der Waals surface area contributed by atoms with E-state index < -0.39 is 0 Å². The number of carbonyl (C=O) groups excluding carboxylic acids is 2. The number of rotatable bonds is 4. The molecule has 1 N–H and O–H groups in total. The lowest BCUT2D eigenvalue weighted by Crippen LogP contribution is -2.50. The van der Waals surface area contributed by atoms with E-state index in [0.29, 0.717) is 17.2 Å². The first-order chi connectivity index (χ1) is 12.1. The first-order valence-electron chi connectivity index (χ1n) is 10.7. The van der Waals surface area contributed by atoms with Crippen LogP contribution < -0.4 is 5.32 Å². The maximum Gasteiger partial charge on any atom is 0.225 e. The van der Waals surface area contributed by atoms with Crippen molar-refractivity contribution in [3.63, 3.8) is 0 Å². The molecule has 0 spiro atoms. The molecule has 5 aliphatic carbocycles. The zero-order chi connectivity index (χ0) is 17.0. The molecule has 5 saturated carbocycles. The molecule has 25 heavy (non-hydrogen) atoms. The van der Waals surface area contributed by atoms with Gasteiger partial charge in [-0.2, -0.15) is 0 Å². The van der Waals surface area contributed by atoms with Crippen molar-refractivity contribution in [1.29, 1.82) is 0 Å². The molecule has 138 valence electrons. The van der Waals surface area contributed by atoms with Crippen molar-refractivity contribution in [3.8, 4) is 0 Å². The van der Waals surface area contributed by atoms with Crippen molar-refractivity contribution in [2.45, 2.75) is 76.7 Å². The molecule has 4 bridgehead atoms. The minimum absolute atomic E-state index is 0.282. The third-order valence-corrected chi connectivity index (χ3v) is 7.80. The molecule has 0 radical (unpaired) electrons. The lowest BCUT2D eigenvalue weighted by molar-refractivity contribution is -0.134. The average Bonchev–Trinajstić information content (AvgIpc) is 3.37. The highest BCUT2D eigenvalue weighted by molar-refractivity contribution is 5.81. The first kappa shape index (κ1) is 16.1. The molecule has 0 aromatic carbocycles. The van der Waals surface area contributed by atoms with Gasteiger partial charge in [0.25, 0.3) is 0 Å². The fourth-order valence-corrected chi connectivity index (χ4v) is 6.96. The maximum absolute atomic E-state index is 12.7. The van der Waals surface area contributed by atoms with E-state index in [1.54, 1.807) is 0 Å². The Hall–Kier alpha value is -1.06. The van der Waals surface area contributed by atoms with Crippen molar-refractivity contribution in [3.05, 3.63) is 0 Å². The molecule has 2 amide bonds. The number of nitrogens with one attached hydrogen (secondary N) is 1. The summed E-state index contributed by atoms with van der Waals surface area (Å²) in [6, 6.07) is 0.282. The monoisotopic (exact) mass is 344 g/mol. The zero-order valence-corrected chi connectivity index (χ0v) is 15.3. The zero-order valence-electron chi connectivity index (χ0n) is 15.3. The molecule has 0 unspecified atom stereocenters. The van der Waals surface area contributed by atoms with Gasteiger partial charge in [-0.15, -0.1) is 0 Å². The average molecular weight is 344 g/mol. The molecule has 0 aromatic rings. The van der Waals surface area contributed by atoms with Gasteiger partial charge in [-0.05, 0) is 87.4 Å². The van der Waals surface area contributed by atoms with Crippen LogP contribution in [0.2, 0.25) is 0 Å². The molecule has 4 nitrogen and oxygen atoms in total. The lowest BCUT2D eigenvalue weighted by atomic mass is 9.49. The summed E-state index contributed by atoms with van der Waals surface area (Å²) >= 11 is 0. The van der Waals surface area contributed by atoms with Crippen LogP contribution in [-0.2, 0) is 9.59 Å². The third-order valence-electron chi connectivity index (χ3n) is 7.80. The van der Waals surface area contributed by atoms with Gasteiger partial charge in [0, 0.05) is 31.5 Å². The molecule has 6 rings (SSSR count). The van der Waals surface area contributed by atoms with Crippen molar-refractivity contribution < 1.29 is 9.59 Å². The van der Waals surface area contributed by atoms with Crippen LogP contribution in [0, 0.1) is 29.1 Å². The third kappa shape index (κ3) is 3.21. The molecule has 1 aliphatic heterocycles. The van der Waals surface area contributed by atoms with E-state index in [-0.39, 0.29) is 11.9 Å². The van der Waals surface area contributed by atoms with Gasteiger partial charge in [0.1, 0.15) is 0 Å². The summed E-state index contributed by atoms with van der Waals surface area (Å²) in [5.41, 5.74) is 0.335.